The number of halogens is 1. The van der Waals surface area contributed by atoms with Gasteiger partial charge in [0.15, 0.2) is 0 Å². The fourth-order valence-electron chi connectivity index (χ4n) is 3.59. The zero-order valence-corrected chi connectivity index (χ0v) is 19.6. The summed E-state index contributed by atoms with van der Waals surface area (Å²) in [6, 6.07) is 11.0. The fraction of sp³-hybridized carbons (Fsp3) is 0.304. The van der Waals surface area contributed by atoms with E-state index in [1.165, 1.54) is 6.07 Å². The molecule has 3 rings (SSSR count). The van der Waals surface area contributed by atoms with Crippen LogP contribution in [0.25, 0.3) is 5.69 Å². The molecule has 0 unspecified atom stereocenters. The molecule has 0 aliphatic heterocycles. The van der Waals surface area contributed by atoms with Gasteiger partial charge in [-0.25, -0.2) is 17.5 Å². The Kier molecular flexibility index (Phi) is 6.80. The molecular weight excluding hydrogens is 431 g/mol. The zero-order chi connectivity index (χ0) is 23.6. The number of amides is 1. The van der Waals surface area contributed by atoms with Gasteiger partial charge in [0.2, 0.25) is 10.0 Å². The zero-order valence-electron chi connectivity index (χ0n) is 18.8. The van der Waals surface area contributed by atoms with Crippen molar-refractivity contribution in [3.63, 3.8) is 0 Å². The highest BCUT2D eigenvalue weighted by molar-refractivity contribution is 7.89. The number of anilines is 1. The first-order valence-corrected chi connectivity index (χ1v) is 11.8. The quantitative estimate of drug-likeness (QED) is 0.575. The van der Waals surface area contributed by atoms with Gasteiger partial charge in [0.1, 0.15) is 16.5 Å². The summed E-state index contributed by atoms with van der Waals surface area (Å²) in [6.07, 6.45) is 0. The summed E-state index contributed by atoms with van der Waals surface area (Å²) in [4.78, 5) is 12.4. The summed E-state index contributed by atoms with van der Waals surface area (Å²) in [5.74, 6) is -1.04. The van der Waals surface area contributed by atoms with Crippen LogP contribution in [0.4, 0.5) is 10.2 Å². The number of rotatable bonds is 7. The van der Waals surface area contributed by atoms with Crippen LogP contribution in [-0.4, -0.2) is 41.5 Å². The number of nitrogens with one attached hydrogen (secondary N) is 1. The van der Waals surface area contributed by atoms with Crippen LogP contribution < -0.4 is 5.32 Å². The van der Waals surface area contributed by atoms with E-state index in [9.17, 15) is 17.6 Å². The van der Waals surface area contributed by atoms with E-state index in [-0.39, 0.29) is 18.7 Å². The largest absolute Gasteiger partial charge is 0.306 e. The number of aryl methyl sites for hydroxylation is 3. The van der Waals surface area contributed by atoms with E-state index < -0.39 is 26.6 Å². The van der Waals surface area contributed by atoms with Crippen molar-refractivity contribution in [2.45, 2.75) is 39.5 Å². The lowest BCUT2D eigenvalue weighted by Crippen LogP contribution is -2.31. The monoisotopic (exact) mass is 458 g/mol. The molecule has 170 valence electrons. The van der Waals surface area contributed by atoms with Crippen LogP contribution >= 0.6 is 0 Å². The van der Waals surface area contributed by atoms with E-state index >= 15 is 0 Å². The summed E-state index contributed by atoms with van der Waals surface area (Å²) in [5.41, 5.74) is 3.62. The maximum Gasteiger partial charge on any atom is 0.256 e. The normalized spacial score (nSPS) is 11.7. The van der Waals surface area contributed by atoms with Gasteiger partial charge in [0, 0.05) is 24.7 Å². The molecule has 1 heterocycles. The van der Waals surface area contributed by atoms with E-state index in [0.29, 0.717) is 11.5 Å². The van der Waals surface area contributed by atoms with Crippen LogP contribution in [0.15, 0.2) is 47.4 Å². The number of carbonyl (C=O) groups is 1. The molecule has 0 fully saturated rings. The minimum atomic E-state index is -4.06. The molecule has 0 saturated heterocycles. The van der Waals surface area contributed by atoms with Gasteiger partial charge >= 0.3 is 0 Å². The molecule has 0 radical (unpaired) electrons. The minimum absolute atomic E-state index is 0.0305. The Morgan fingerprint density at radius 2 is 1.66 bits per heavy atom. The molecule has 1 N–H and O–H groups in total. The first-order valence-electron chi connectivity index (χ1n) is 10.3. The summed E-state index contributed by atoms with van der Waals surface area (Å²) in [7, 11) is -4.06. The molecule has 0 aliphatic carbocycles. The van der Waals surface area contributed by atoms with Crippen molar-refractivity contribution < 1.29 is 17.6 Å². The Balaban J connectivity index is 1.97. The predicted octanol–water partition coefficient (Wildman–Crippen LogP) is 4.22. The lowest BCUT2D eigenvalue weighted by molar-refractivity contribution is 0.102. The number of nitrogens with zero attached hydrogens (tertiary/aromatic N) is 3. The van der Waals surface area contributed by atoms with Crippen LogP contribution in [0.1, 0.15) is 41.0 Å². The van der Waals surface area contributed by atoms with Crippen molar-refractivity contribution in [2.75, 3.05) is 18.4 Å². The maximum atomic E-state index is 14.4. The number of benzene rings is 2. The third-order valence-corrected chi connectivity index (χ3v) is 7.11. The van der Waals surface area contributed by atoms with Crippen LogP contribution in [0.2, 0.25) is 0 Å². The SMILES string of the molecule is CCN(CC)S(=O)(=O)c1cc(C(=O)Nc2cc(C)nn2-c2cc(C)cc(C)c2)ccc1F. The average Bonchev–Trinajstić information content (AvgIpc) is 3.08. The average molecular weight is 459 g/mol. The molecule has 3 aromatic rings. The van der Waals surface area contributed by atoms with E-state index in [1.807, 2.05) is 39.0 Å². The van der Waals surface area contributed by atoms with Gasteiger partial charge in [-0.15, -0.1) is 0 Å². The summed E-state index contributed by atoms with van der Waals surface area (Å²) >= 11 is 0. The van der Waals surface area contributed by atoms with E-state index in [4.69, 9.17) is 0 Å². The number of hydrogen-bond acceptors (Lipinski definition) is 4. The van der Waals surface area contributed by atoms with Crippen molar-refractivity contribution in [1.29, 1.82) is 0 Å². The molecule has 2 aromatic carbocycles. The second-order valence-electron chi connectivity index (χ2n) is 7.62. The summed E-state index contributed by atoms with van der Waals surface area (Å²) in [6.45, 7) is 9.49. The molecular formula is C23H27FN4O3S. The topological polar surface area (TPSA) is 84.3 Å². The van der Waals surface area contributed by atoms with Crippen molar-refractivity contribution in [1.82, 2.24) is 14.1 Å². The number of sulfonamides is 1. The van der Waals surface area contributed by atoms with Gasteiger partial charge in [-0.2, -0.15) is 9.40 Å². The minimum Gasteiger partial charge on any atom is -0.306 e. The molecule has 1 amide bonds. The Morgan fingerprint density at radius 3 is 2.25 bits per heavy atom. The third kappa shape index (κ3) is 4.73. The number of aromatic nitrogens is 2. The van der Waals surface area contributed by atoms with Gasteiger partial charge < -0.3 is 5.32 Å². The van der Waals surface area contributed by atoms with Crippen molar-refractivity contribution in [2.24, 2.45) is 0 Å². The molecule has 0 atom stereocenters. The van der Waals surface area contributed by atoms with Crippen LogP contribution in [0.3, 0.4) is 0 Å². The molecule has 32 heavy (non-hydrogen) atoms. The second kappa shape index (κ2) is 9.22. The van der Waals surface area contributed by atoms with Gasteiger partial charge in [-0.1, -0.05) is 19.9 Å². The maximum absolute atomic E-state index is 14.4. The van der Waals surface area contributed by atoms with Crippen LogP contribution in [0, 0.1) is 26.6 Å². The van der Waals surface area contributed by atoms with Crippen molar-refractivity contribution >= 4 is 21.7 Å². The van der Waals surface area contributed by atoms with E-state index in [0.717, 1.165) is 33.3 Å². The van der Waals surface area contributed by atoms with Crippen molar-refractivity contribution in [3.8, 4) is 5.69 Å². The van der Waals surface area contributed by atoms with Crippen LogP contribution in [0.5, 0.6) is 0 Å². The number of hydrogen-bond donors (Lipinski definition) is 1. The predicted molar refractivity (Wildman–Crippen MR) is 122 cm³/mol. The molecule has 9 heteroatoms. The molecule has 0 aliphatic rings. The highest BCUT2D eigenvalue weighted by Crippen LogP contribution is 2.23. The van der Waals surface area contributed by atoms with E-state index in [1.54, 1.807) is 24.6 Å². The molecule has 0 spiro atoms. The smallest absolute Gasteiger partial charge is 0.256 e. The Hall–Kier alpha value is -3.04. The van der Waals surface area contributed by atoms with Crippen molar-refractivity contribution in [3.05, 3.63) is 70.7 Å². The Labute approximate surface area is 187 Å². The lowest BCUT2D eigenvalue weighted by atomic mass is 10.1. The highest BCUT2D eigenvalue weighted by atomic mass is 32.2. The Bertz CT molecular complexity index is 1240. The van der Waals surface area contributed by atoms with Gasteiger partial charge in [-0.3, -0.25) is 4.79 Å². The molecule has 0 bridgehead atoms. The summed E-state index contributed by atoms with van der Waals surface area (Å²) < 4.78 is 42.8. The first kappa shape index (κ1) is 23.6. The molecule has 7 nitrogen and oxygen atoms in total. The van der Waals surface area contributed by atoms with Gasteiger partial charge in [0.05, 0.1) is 11.4 Å². The van der Waals surface area contributed by atoms with Crippen LogP contribution in [-0.2, 0) is 10.0 Å². The van der Waals surface area contributed by atoms with Gasteiger partial charge in [-0.05, 0) is 62.2 Å². The highest BCUT2D eigenvalue weighted by Gasteiger charge is 2.26. The molecule has 1 aromatic heterocycles. The van der Waals surface area contributed by atoms with Gasteiger partial charge in [0.25, 0.3) is 5.91 Å². The fourth-order valence-corrected chi connectivity index (χ4v) is 5.14. The third-order valence-electron chi connectivity index (χ3n) is 5.04. The lowest BCUT2D eigenvalue weighted by Gasteiger charge is -2.19. The first-order chi connectivity index (χ1) is 15.1. The molecule has 0 saturated carbocycles. The number of carbonyl (C=O) groups excluding carboxylic acids is 1. The Morgan fingerprint density at radius 1 is 1.03 bits per heavy atom. The summed E-state index contributed by atoms with van der Waals surface area (Å²) in [5, 5.41) is 7.24. The van der Waals surface area contributed by atoms with E-state index in [2.05, 4.69) is 10.4 Å². The second-order valence-corrected chi connectivity index (χ2v) is 9.52. The standard InChI is InChI=1S/C23H27FN4O3S/c1-6-27(7-2)32(30,31)21-14-18(8-9-20(21)24)23(29)25-22-13-17(5)26-28(22)19-11-15(3)10-16(4)12-19/h8-14H,6-7H2,1-5H3,(H,25,29).